The van der Waals surface area contributed by atoms with Crippen LogP contribution < -0.4 is 15.2 Å². The van der Waals surface area contributed by atoms with Gasteiger partial charge in [0, 0.05) is 23.6 Å². The van der Waals surface area contributed by atoms with Crippen LogP contribution >= 0.6 is 0 Å². The second-order valence-corrected chi connectivity index (χ2v) is 9.46. The molecule has 1 atom stereocenters. The number of carboxylic acids is 1. The second kappa shape index (κ2) is 8.58. The Labute approximate surface area is 184 Å². The third kappa shape index (κ3) is 4.98. The highest BCUT2D eigenvalue weighted by Gasteiger charge is 2.32. The van der Waals surface area contributed by atoms with Crippen molar-refractivity contribution < 1.29 is 19.4 Å². The van der Waals surface area contributed by atoms with Crippen molar-refractivity contribution in [1.82, 2.24) is 0 Å². The number of nitrogens with one attached hydrogen (secondary N) is 1. The fraction of sp³-hybridized carbons (Fsp3) is 0.385. The number of rotatable bonds is 5. The van der Waals surface area contributed by atoms with Crippen LogP contribution in [-0.4, -0.2) is 18.5 Å². The minimum Gasteiger partial charge on any atom is -0.545 e. The highest BCUT2D eigenvalue weighted by atomic mass is 16.5. The van der Waals surface area contributed by atoms with Crippen molar-refractivity contribution >= 4 is 23.6 Å². The van der Waals surface area contributed by atoms with E-state index in [1.54, 1.807) is 0 Å². The Morgan fingerprint density at radius 1 is 1.10 bits per heavy atom. The minimum atomic E-state index is -1.22. The van der Waals surface area contributed by atoms with E-state index < -0.39 is 5.97 Å². The Hall–Kier alpha value is -3.08. The summed E-state index contributed by atoms with van der Waals surface area (Å²) in [6.07, 6.45) is 2.98. The maximum absolute atomic E-state index is 12.6. The van der Waals surface area contributed by atoms with Gasteiger partial charge in [-0.2, -0.15) is 0 Å². The van der Waals surface area contributed by atoms with E-state index in [9.17, 15) is 14.7 Å². The zero-order valence-corrected chi connectivity index (χ0v) is 19.1. The lowest BCUT2D eigenvalue weighted by molar-refractivity contribution is -0.297. The van der Waals surface area contributed by atoms with E-state index in [1.807, 2.05) is 45.0 Å². The number of anilines is 1. The van der Waals surface area contributed by atoms with E-state index in [4.69, 9.17) is 4.74 Å². The van der Waals surface area contributed by atoms with Crippen LogP contribution in [0.15, 0.2) is 30.3 Å². The van der Waals surface area contributed by atoms with Gasteiger partial charge in [-0.1, -0.05) is 51.1 Å². The molecule has 0 aromatic heterocycles. The lowest BCUT2D eigenvalue weighted by atomic mass is 9.86. The van der Waals surface area contributed by atoms with Gasteiger partial charge in [0.1, 0.15) is 5.75 Å². The molecular weight excluding hydrogens is 390 g/mol. The summed E-state index contributed by atoms with van der Waals surface area (Å²) >= 11 is 0. The van der Waals surface area contributed by atoms with Gasteiger partial charge in [0.15, 0.2) is 0 Å². The average Bonchev–Trinajstić information content (AvgIpc) is 3.12. The van der Waals surface area contributed by atoms with Crippen molar-refractivity contribution in [2.75, 3.05) is 11.9 Å². The molecule has 0 radical (unpaired) electrons. The number of carboxylic acid groups (broad SMARTS) is 1. The number of hydrogen-bond donors (Lipinski definition) is 1. The topological polar surface area (TPSA) is 78.5 Å². The van der Waals surface area contributed by atoms with Crippen LogP contribution in [-0.2, 0) is 9.59 Å². The van der Waals surface area contributed by atoms with Gasteiger partial charge in [-0.15, -0.1) is 0 Å². The summed E-state index contributed by atoms with van der Waals surface area (Å²) < 4.78 is 6.10. The zero-order valence-electron chi connectivity index (χ0n) is 19.1. The van der Waals surface area contributed by atoms with Gasteiger partial charge in [0.25, 0.3) is 0 Å². The van der Waals surface area contributed by atoms with Crippen LogP contribution in [0.5, 0.6) is 5.75 Å². The van der Waals surface area contributed by atoms with Crippen LogP contribution in [0.25, 0.3) is 6.08 Å². The minimum absolute atomic E-state index is 0.0116. The number of amides is 1. The van der Waals surface area contributed by atoms with E-state index in [2.05, 4.69) is 26.1 Å². The van der Waals surface area contributed by atoms with Gasteiger partial charge in [-0.25, -0.2) is 0 Å². The molecule has 1 aliphatic rings. The van der Waals surface area contributed by atoms with Crippen molar-refractivity contribution in [3.63, 3.8) is 0 Å². The summed E-state index contributed by atoms with van der Waals surface area (Å²) in [5.74, 6) is -0.260. The molecular formula is C26H30NO4-. The first-order chi connectivity index (χ1) is 14.5. The molecule has 164 valence electrons. The maximum atomic E-state index is 12.6. The fourth-order valence-corrected chi connectivity index (χ4v) is 4.12. The first-order valence-electron chi connectivity index (χ1n) is 10.5. The summed E-state index contributed by atoms with van der Waals surface area (Å²) in [7, 11) is 0. The van der Waals surface area contributed by atoms with E-state index in [-0.39, 0.29) is 17.2 Å². The predicted molar refractivity (Wildman–Crippen MR) is 121 cm³/mol. The molecule has 2 aromatic carbocycles. The number of ether oxygens (including phenoxy) is 1. The zero-order chi connectivity index (χ0) is 22.9. The quantitative estimate of drug-likeness (QED) is 0.733. The van der Waals surface area contributed by atoms with Crippen molar-refractivity contribution in [2.24, 2.45) is 5.41 Å². The van der Waals surface area contributed by atoms with Gasteiger partial charge in [-0.3, -0.25) is 4.79 Å². The fourth-order valence-electron chi connectivity index (χ4n) is 4.12. The largest absolute Gasteiger partial charge is 0.545 e. The number of hydrogen-bond acceptors (Lipinski definition) is 4. The van der Waals surface area contributed by atoms with Gasteiger partial charge in [-0.05, 0) is 60.1 Å². The molecule has 0 fully saturated rings. The van der Waals surface area contributed by atoms with Crippen molar-refractivity contribution in [2.45, 2.75) is 53.9 Å². The summed E-state index contributed by atoms with van der Waals surface area (Å²) in [4.78, 5) is 23.3. The molecule has 5 nitrogen and oxygen atoms in total. The molecule has 0 saturated heterocycles. The third-order valence-corrected chi connectivity index (χ3v) is 5.75. The number of aliphatic carboxylic acids is 1. The lowest BCUT2D eigenvalue weighted by Gasteiger charge is -2.22. The van der Waals surface area contributed by atoms with Crippen LogP contribution in [0.2, 0.25) is 0 Å². The van der Waals surface area contributed by atoms with Crippen molar-refractivity contribution in [3.05, 3.63) is 63.7 Å². The highest BCUT2D eigenvalue weighted by Crippen LogP contribution is 2.46. The SMILES string of the molecule is Cc1c(C)c2c(c(C)c1NC(=O)CC(C)(C)C)C(c1ccc(/C=C/C(=O)[O-])cc1)CO2. The van der Waals surface area contributed by atoms with Crippen LogP contribution in [0.4, 0.5) is 5.69 Å². The van der Waals surface area contributed by atoms with Crippen molar-refractivity contribution in [1.29, 1.82) is 0 Å². The molecule has 1 N–H and O–H groups in total. The normalized spacial score (nSPS) is 15.6. The number of fused-ring (bicyclic) bond motifs is 1. The summed E-state index contributed by atoms with van der Waals surface area (Å²) in [5.41, 5.74) is 6.87. The Kier molecular flexibility index (Phi) is 6.25. The van der Waals surface area contributed by atoms with Gasteiger partial charge < -0.3 is 20.0 Å². The van der Waals surface area contributed by atoms with E-state index in [0.717, 1.165) is 50.9 Å². The van der Waals surface area contributed by atoms with E-state index in [1.165, 1.54) is 6.08 Å². The molecule has 3 rings (SSSR count). The van der Waals surface area contributed by atoms with Crippen molar-refractivity contribution in [3.8, 4) is 5.75 Å². The molecule has 1 unspecified atom stereocenters. The van der Waals surface area contributed by atoms with Gasteiger partial charge >= 0.3 is 0 Å². The van der Waals surface area contributed by atoms with Gasteiger partial charge in [0.2, 0.25) is 5.91 Å². The molecule has 0 saturated carbocycles. The molecule has 31 heavy (non-hydrogen) atoms. The molecule has 5 heteroatoms. The number of benzene rings is 2. The Morgan fingerprint density at radius 3 is 2.32 bits per heavy atom. The van der Waals surface area contributed by atoms with Crippen LogP contribution in [0, 0.1) is 26.2 Å². The smallest absolute Gasteiger partial charge is 0.224 e. The molecule has 0 bridgehead atoms. The standard InChI is InChI=1S/C26H31NO4/c1-15-16(2)25-23(17(3)24(15)27-21(28)13-26(4,5)6)20(14-31-25)19-10-7-18(8-11-19)9-12-22(29)30/h7-12,20H,13-14H2,1-6H3,(H,27,28)(H,29,30)/p-1/b12-9+. The summed E-state index contributed by atoms with van der Waals surface area (Å²) in [6.45, 7) is 12.8. The average molecular weight is 421 g/mol. The molecule has 1 heterocycles. The Morgan fingerprint density at radius 2 is 1.74 bits per heavy atom. The van der Waals surface area contributed by atoms with E-state index >= 15 is 0 Å². The monoisotopic (exact) mass is 420 g/mol. The predicted octanol–water partition coefficient (Wildman–Crippen LogP) is 4.27. The first-order valence-corrected chi connectivity index (χ1v) is 10.5. The van der Waals surface area contributed by atoms with Crippen LogP contribution in [0.1, 0.15) is 66.5 Å². The summed E-state index contributed by atoms with van der Waals surface area (Å²) in [5, 5.41) is 13.8. The summed E-state index contributed by atoms with van der Waals surface area (Å²) in [6, 6.07) is 7.75. The molecule has 1 aliphatic heterocycles. The first kappa shape index (κ1) is 22.6. The second-order valence-electron chi connectivity index (χ2n) is 9.46. The molecule has 0 spiro atoms. The molecule has 0 aliphatic carbocycles. The third-order valence-electron chi connectivity index (χ3n) is 5.75. The molecule has 2 aromatic rings. The Bertz CT molecular complexity index is 1040. The van der Waals surface area contributed by atoms with E-state index in [0.29, 0.717) is 13.0 Å². The Balaban J connectivity index is 1.96. The van der Waals surface area contributed by atoms with Crippen LogP contribution in [0.3, 0.4) is 0 Å². The number of carbonyl (C=O) groups excluding carboxylic acids is 2. The highest BCUT2D eigenvalue weighted by molar-refractivity contribution is 5.93. The van der Waals surface area contributed by atoms with Gasteiger partial charge in [0.05, 0.1) is 12.6 Å². The number of carbonyl (C=O) groups is 2. The molecule has 1 amide bonds. The lowest BCUT2D eigenvalue weighted by Crippen LogP contribution is -2.21. The maximum Gasteiger partial charge on any atom is 0.224 e.